The number of nitro benzene ring substituents is 1. The van der Waals surface area contributed by atoms with E-state index < -0.39 is 0 Å². The highest BCUT2D eigenvalue weighted by atomic mass is 35.5. The van der Waals surface area contributed by atoms with E-state index in [0.29, 0.717) is 16.8 Å². The van der Waals surface area contributed by atoms with E-state index in [4.69, 9.17) is 16.3 Å². The number of fused-ring (bicyclic) bond motifs is 2. The Kier molecular flexibility index (Phi) is 2.75. The Morgan fingerprint density at radius 3 is 3.05 bits per heavy atom. The molecule has 3 aliphatic rings. The van der Waals surface area contributed by atoms with Gasteiger partial charge >= 0.3 is 5.69 Å². The van der Waals surface area contributed by atoms with E-state index in [9.17, 15) is 10.1 Å². The van der Waals surface area contributed by atoms with E-state index in [-0.39, 0.29) is 22.1 Å². The van der Waals surface area contributed by atoms with Gasteiger partial charge in [0.1, 0.15) is 6.10 Å². The van der Waals surface area contributed by atoms with E-state index in [2.05, 4.69) is 11.9 Å². The molecule has 0 amide bonds. The van der Waals surface area contributed by atoms with Crippen molar-refractivity contribution in [2.75, 3.05) is 13.6 Å². The fourth-order valence-corrected chi connectivity index (χ4v) is 4.62. The molecule has 5 nitrogen and oxygen atoms in total. The summed E-state index contributed by atoms with van der Waals surface area (Å²) in [5.74, 6) is 0.458. The monoisotopic (exact) mass is 308 g/mol. The van der Waals surface area contributed by atoms with E-state index in [1.54, 1.807) is 0 Å². The third-order valence-electron chi connectivity index (χ3n) is 5.54. The molecule has 6 heteroatoms. The predicted molar refractivity (Wildman–Crippen MR) is 79.1 cm³/mol. The van der Waals surface area contributed by atoms with Gasteiger partial charge in [0.2, 0.25) is 5.75 Å². The number of benzene rings is 1. The van der Waals surface area contributed by atoms with Crippen LogP contribution in [-0.4, -0.2) is 35.6 Å². The first-order chi connectivity index (χ1) is 10.0. The lowest BCUT2D eigenvalue weighted by molar-refractivity contribution is -0.385. The number of likely N-dealkylation sites (tertiary alicyclic amines) is 1. The van der Waals surface area contributed by atoms with Crippen LogP contribution in [0.15, 0.2) is 12.1 Å². The quantitative estimate of drug-likeness (QED) is 0.591. The molecule has 0 N–H and O–H groups in total. The average Bonchev–Trinajstić information content (AvgIpc) is 2.76. The summed E-state index contributed by atoms with van der Waals surface area (Å²) in [6.07, 6.45) is 4.11. The first-order valence-corrected chi connectivity index (χ1v) is 7.74. The van der Waals surface area contributed by atoms with Crippen LogP contribution in [0, 0.1) is 10.1 Å². The van der Waals surface area contributed by atoms with E-state index >= 15 is 0 Å². The Morgan fingerprint density at radius 2 is 2.29 bits per heavy atom. The second kappa shape index (κ2) is 4.34. The molecule has 112 valence electrons. The minimum atomic E-state index is -0.384. The lowest BCUT2D eigenvalue weighted by Gasteiger charge is -2.49. The van der Waals surface area contributed by atoms with Crippen molar-refractivity contribution in [1.29, 1.82) is 0 Å². The first-order valence-electron chi connectivity index (χ1n) is 7.36. The summed E-state index contributed by atoms with van der Waals surface area (Å²) < 4.78 is 6.05. The molecule has 4 rings (SSSR count). The van der Waals surface area contributed by atoms with Gasteiger partial charge in [0.25, 0.3) is 0 Å². The maximum atomic E-state index is 11.3. The third-order valence-corrected chi connectivity index (χ3v) is 5.76. The van der Waals surface area contributed by atoms with Gasteiger partial charge < -0.3 is 9.64 Å². The summed E-state index contributed by atoms with van der Waals surface area (Å²) >= 11 is 6.14. The van der Waals surface area contributed by atoms with Crippen molar-refractivity contribution >= 4 is 17.3 Å². The second-order valence-corrected chi connectivity index (χ2v) is 6.92. The molecule has 1 aromatic rings. The molecule has 0 aromatic heterocycles. The van der Waals surface area contributed by atoms with Gasteiger partial charge in [-0.1, -0.05) is 11.6 Å². The lowest BCUT2D eigenvalue weighted by atomic mass is 9.63. The van der Waals surface area contributed by atoms with Gasteiger partial charge in [-0.25, -0.2) is 0 Å². The smallest absolute Gasteiger partial charge is 0.312 e. The molecular formula is C15H17ClN2O3. The molecule has 1 spiro atoms. The molecule has 0 radical (unpaired) electrons. The van der Waals surface area contributed by atoms with E-state index in [1.807, 2.05) is 6.07 Å². The lowest BCUT2D eigenvalue weighted by Crippen LogP contribution is -2.55. The number of hydrogen-bond donors (Lipinski definition) is 0. The SMILES string of the molecule is CN1CC[C@@]23C[C@H]1CC[C@H]2Oc1c([N+](=O)[O-])cc(Cl)cc13. The van der Waals surface area contributed by atoms with Crippen LogP contribution in [0.3, 0.4) is 0 Å². The molecule has 21 heavy (non-hydrogen) atoms. The minimum Gasteiger partial charge on any atom is -0.482 e. The van der Waals surface area contributed by atoms with Gasteiger partial charge in [-0.15, -0.1) is 0 Å². The molecule has 3 atom stereocenters. The topological polar surface area (TPSA) is 55.6 Å². The molecule has 2 fully saturated rings. The summed E-state index contributed by atoms with van der Waals surface area (Å²) in [6, 6.07) is 3.83. The van der Waals surface area contributed by atoms with Crippen molar-refractivity contribution in [3.05, 3.63) is 32.8 Å². The van der Waals surface area contributed by atoms with Crippen molar-refractivity contribution in [3.63, 3.8) is 0 Å². The van der Waals surface area contributed by atoms with Crippen LogP contribution in [0.5, 0.6) is 5.75 Å². The predicted octanol–water partition coefficient (Wildman–Crippen LogP) is 3.14. The van der Waals surface area contributed by atoms with Gasteiger partial charge in [-0.3, -0.25) is 10.1 Å². The normalized spacial score (nSPS) is 34.0. The highest BCUT2D eigenvalue weighted by Gasteiger charge is 2.56. The fraction of sp³-hybridized carbons (Fsp3) is 0.600. The third kappa shape index (κ3) is 1.74. The van der Waals surface area contributed by atoms with Crippen LogP contribution in [0.4, 0.5) is 5.69 Å². The molecule has 2 heterocycles. The molecule has 2 aliphatic heterocycles. The van der Waals surface area contributed by atoms with Crippen LogP contribution in [-0.2, 0) is 5.41 Å². The number of nitrogens with zero attached hydrogens (tertiary/aromatic N) is 2. The van der Waals surface area contributed by atoms with Gasteiger partial charge in [-0.05, 0) is 45.3 Å². The van der Waals surface area contributed by atoms with Crippen LogP contribution < -0.4 is 4.74 Å². The zero-order chi connectivity index (χ0) is 14.8. The molecule has 1 aliphatic carbocycles. The van der Waals surface area contributed by atoms with Crippen LogP contribution >= 0.6 is 11.6 Å². The maximum absolute atomic E-state index is 11.3. The zero-order valence-electron chi connectivity index (χ0n) is 11.8. The summed E-state index contributed by atoms with van der Waals surface area (Å²) in [5, 5.41) is 11.7. The van der Waals surface area contributed by atoms with Gasteiger partial charge in [0.05, 0.1) is 4.92 Å². The Balaban J connectivity index is 1.88. The highest BCUT2D eigenvalue weighted by Crippen LogP contribution is 2.57. The van der Waals surface area contributed by atoms with Crippen molar-refractivity contribution < 1.29 is 9.66 Å². The van der Waals surface area contributed by atoms with Gasteiger partial charge in [0, 0.05) is 28.1 Å². The number of nitro groups is 1. The molecule has 1 saturated heterocycles. The number of ether oxygens (including phenoxy) is 1. The number of piperidine rings is 1. The van der Waals surface area contributed by atoms with Crippen molar-refractivity contribution in [1.82, 2.24) is 4.90 Å². The standard InChI is InChI=1S/C15H17ClN2O3/c1-17-5-4-15-8-10(17)2-3-13(15)21-14-11(15)6-9(16)7-12(14)18(19)20/h6-7,10,13H,2-5,8H2,1H3/t10-,13-,15+/m1/s1. The second-order valence-electron chi connectivity index (χ2n) is 6.49. The molecule has 1 saturated carbocycles. The van der Waals surface area contributed by atoms with E-state index in [0.717, 1.165) is 37.8 Å². The van der Waals surface area contributed by atoms with Crippen molar-refractivity contribution in [3.8, 4) is 5.75 Å². The highest BCUT2D eigenvalue weighted by molar-refractivity contribution is 6.31. The average molecular weight is 309 g/mol. The van der Waals surface area contributed by atoms with Crippen LogP contribution in [0.25, 0.3) is 0 Å². The fourth-order valence-electron chi connectivity index (χ4n) is 4.41. The summed E-state index contributed by atoms with van der Waals surface area (Å²) in [6.45, 7) is 1.00. The molecular weight excluding hydrogens is 292 g/mol. The first kappa shape index (κ1) is 13.3. The summed E-state index contributed by atoms with van der Waals surface area (Å²) in [4.78, 5) is 13.3. The van der Waals surface area contributed by atoms with Crippen LogP contribution in [0.2, 0.25) is 5.02 Å². The zero-order valence-corrected chi connectivity index (χ0v) is 12.6. The van der Waals surface area contributed by atoms with Gasteiger partial charge in [-0.2, -0.15) is 0 Å². The Hall–Kier alpha value is -1.33. The van der Waals surface area contributed by atoms with Gasteiger partial charge in [0.15, 0.2) is 0 Å². The Bertz CT molecular complexity index is 636. The molecule has 1 aromatic carbocycles. The number of halogens is 1. The largest absolute Gasteiger partial charge is 0.482 e. The Labute approximate surface area is 128 Å². The minimum absolute atomic E-state index is 0.0109. The number of hydrogen-bond acceptors (Lipinski definition) is 4. The number of rotatable bonds is 1. The summed E-state index contributed by atoms with van der Waals surface area (Å²) in [5.41, 5.74) is 0.890. The maximum Gasteiger partial charge on any atom is 0.312 e. The molecule has 0 unspecified atom stereocenters. The van der Waals surface area contributed by atoms with Crippen LogP contribution in [0.1, 0.15) is 31.2 Å². The molecule has 2 bridgehead atoms. The summed E-state index contributed by atoms with van der Waals surface area (Å²) in [7, 11) is 2.16. The van der Waals surface area contributed by atoms with Crippen molar-refractivity contribution in [2.24, 2.45) is 0 Å². The van der Waals surface area contributed by atoms with Crippen molar-refractivity contribution in [2.45, 2.75) is 43.2 Å². The van der Waals surface area contributed by atoms with E-state index in [1.165, 1.54) is 6.07 Å². The Morgan fingerprint density at radius 1 is 1.48 bits per heavy atom.